The molecule has 0 aliphatic rings. The molecule has 0 radical (unpaired) electrons. The molecule has 0 aliphatic heterocycles. The number of halogens is 1. The van der Waals surface area contributed by atoms with Crippen molar-refractivity contribution in [3.63, 3.8) is 0 Å². The van der Waals surface area contributed by atoms with Gasteiger partial charge in [-0.05, 0) is 29.7 Å². The first-order chi connectivity index (χ1) is 14.5. The number of anilines is 2. The van der Waals surface area contributed by atoms with Crippen LogP contribution in [0.4, 0.5) is 10.8 Å². The summed E-state index contributed by atoms with van der Waals surface area (Å²) in [6, 6.07) is 18.4. The molecule has 0 unspecified atom stereocenters. The van der Waals surface area contributed by atoms with Crippen LogP contribution in [0.25, 0.3) is 22.0 Å². The van der Waals surface area contributed by atoms with Crippen LogP contribution in [0.2, 0.25) is 0 Å². The highest BCUT2D eigenvalue weighted by atomic mass is 79.9. The number of aromatic nitrogens is 1. The maximum absolute atomic E-state index is 12.5. The topological polar surface area (TPSA) is 94.3 Å². The zero-order valence-corrected chi connectivity index (χ0v) is 18.0. The highest BCUT2D eigenvalue weighted by molar-refractivity contribution is 9.10. The van der Waals surface area contributed by atoms with Crippen molar-refractivity contribution >= 4 is 60.7 Å². The van der Waals surface area contributed by atoms with Crippen molar-refractivity contribution in [2.45, 2.75) is 0 Å². The van der Waals surface area contributed by atoms with E-state index in [0.717, 1.165) is 21.1 Å². The second-order valence-electron chi connectivity index (χ2n) is 6.42. The molecule has 0 bridgehead atoms. The van der Waals surface area contributed by atoms with E-state index in [2.05, 4.69) is 26.2 Å². The van der Waals surface area contributed by atoms with Crippen molar-refractivity contribution in [1.29, 1.82) is 0 Å². The van der Waals surface area contributed by atoms with E-state index in [1.807, 2.05) is 47.8 Å². The lowest BCUT2D eigenvalue weighted by Crippen LogP contribution is -2.21. The van der Waals surface area contributed by atoms with Crippen LogP contribution in [0.5, 0.6) is 0 Å². The van der Waals surface area contributed by atoms with Crippen molar-refractivity contribution < 1.29 is 14.3 Å². The molecular formula is C22H16BrN3O3S. The number of nitrogens with one attached hydrogen (secondary N) is 1. The predicted molar refractivity (Wildman–Crippen MR) is 123 cm³/mol. The third-order valence-corrected chi connectivity index (χ3v) is 5.61. The molecule has 1 heterocycles. The second-order valence-corrected chi connectivity index (χ2v) is 8.20. The number of ether oxygens (including phenoxy) is 1. The molecule has 0 saturated heterocycles. The Morgan fingerprint density at radius 1 is 1.10 bits per heavy atom. The highest BCUT2D eigenvalue weighted by Gasteiger charge is 2.16. The predicted octanol–water partition coefficient (Wildman–Crippen LogP) is 5.10. The Morgan fingerprint density at radius 2 is 1.87 bits per heavy atom. The number of nitrogens with two attached hydrogens (primary N) is 1. The van der Waals surface area contributed by atoms with E-state index < -0.39 is 18.5 Å². The van der Waals surface area contributed by atoms with Gasteiger partial charge < -0.3 is 10.5 Å². The van der Waals surface area contributed by atoms with E-state index in [1.165, 1.54) is 11.3 Å². The fourth-order valence-electron chi connectivity index (χ4n) is 3.02. The molecule has 0 atom stereocenters. The Kier molecular flexibility index (Phi) is 5.78. The highest BCUT2D eigenvalue weighted by Crippen LogP contribution is 2.27. The van der Waals surface area contributed by atoms with Gasteiger partial charge in [0.2, 0.25) is 0 Å². The molecule has 4 aromatic rings. The fourth-order valence-corrected chi connectivity index (χ4v) is 4.15. The molecule has 1 amide bonds. The average molecular weight is 482 g/mol. The lowest BCUT2D eigenvalue weighted by molar-refractivity contribution is -0.119. The van der Waals surface area contributed by atoms with Crippen LogP contribution in [0.3, 0.4) is 0 Å². The first-order valence-electron chi connectivity index (χ1n) is 8.97. The van der Waals surface area contributed by atoms with Crippen LogP contribution >= 0.6 is 27.3 Å². The van der Waals surface area contributed by atoms with E-state index in [1.54, 1.807) is 18.2 Å². The number of esters is 1. The smallest absolute Gasteiger partial charge is 0.339 e. The van der Waals surface area contributed by atoms with Gasteiger partial charge in [-0.15, -0.1) is 11.3 Å². The molecule has 0 spiro atoms. The monoisotopic (exact) mass is 481 g/mol. The van der Waals surface area contributed by atoms with Gasteiger partial charge in [0.15, 0.2) is 11.7 Å². The van der Waals surface area contributed by atoms with Crippen molar-refractivity contribution in [3.8, 4) is 11.3 Å². The van der Waals surface area contributed by atoms with Crippen LogP contribution in [-0.4, -0.2) is 23.5 Å². The number of hydrogen-bond donors (Lipinski definition) is 2. The van der Waals surface area contributed by atoms with Crippen molar-refractivity contribution in [1.82, 2.24) is 4.98 Å². The zero-order chi connectivity index (χ0) is 21.1. The van der Waals surface area contributed by atoms with Gasteiger partial charge in [0, 0.05) is 26.5 Å². The molecule has 1 aromatic heterocycles. The molecule has 3 aromatic carbocycles. The van der Waals surface area contributed by atoms with Crippen LogP contribution in [0.1, 0.15) is 10.4 Å². The average Bonchev–Trinajstić information content (AvgIpc) is 3.20. The van der Waals surface area contributed by atoms with Gasteiger partial charge in [-0.2, -0.15) is 0 Å². The molecular weight excluding hydrogens is 466 g/mol. The third kappa shape index (κ3) is 4.34. The normalized spacial score (nSPS) is 10.7. The van der Waals surface area contributed by atoms with E-state index in [9.17, 15) is 9.59 Å². The van der Waals surface area contributed by atoms with Gasteiger partial charge in [-0.3, -0.25) is 10.1 Å². The molecule has 4 rings (SSSR count). The van der Waals surface area contributed by atoms with E-state index in [4.69, 9.17) is 10.5 Å². The van der Waals surface area contributed by atoms with Gasteiger partial charge in [-0.25, -0.2) is 9.78 Å². The number of rotatable bonds is 5. The first kappa shape index (κ1) is 20.1. The van der Waals surface area contributed by atoms with Gasteiger partial charge in [0.1, 0.15) is 0 Å². The number of carbonyl (C=O) groups is 2. The maximum atomic E-state index is 12.5. The molecule has 0 fully saturated rings. The van der Waals surface area contributed by atoms with E-state index in [-0.39, 0.29) is 0 Å². The standard InChI is InChI=1S/C22H16BrN3O3S/c23-15-7-1-6-14(10-15)18-12-30-22(25-18)26-19(27)11-29-21(28)16-8-2-4-13-5-3-9-17(24)20(13)16/h1-10,12H,11,24H2,(H,25,26,27). The summed E-state index contributed by atoms with van der Waals surface area (Å²) in [5, 5.41) is 6.38. The summed E-state index contributed by atoms with van der Waals surface area (Å²) in [6.45, 7) is -0.423. The van der Waals surface area contributed by atoms with E-state index in [0.29, 0.717) is 21.8 Å². The van der Waals surface area contributed by atoms with Gasteiger partial charge in [0.25, 0.3) is 5.91 Å². The molecule has 8 heteroatoms. The number of nitrogens with zero attached hydrogens (tertiary/aromatic N) is 1. The number of nitrogen functional groups attached to an aromatic ring is 1. The third-order valence-electron chi connectivity index (χ3n) is 4.36. The lowest BCUT2D eigenvalue weighted by atomic mass is 10.0. The number of carbonyl (C=O) groups excluding carboxylic acids is 2. The Labute approximate surface area is 184 Å². The zero-order valence-electron chi connectivity index (χ0n) is 15.6. The minimum absolute atomic E-state index is 0.324. The number of thiazole rings is 1. The minimum Gasteiger partial charge on any atom is -0.452 e. The molecule has 0 saturated carbocycles. The second kappa shape index (κ2) is 8.64. The Morgan fingerprint density at radius 3 is 2.67 bits per heavy atom. The Balaban J connectivity index is 1.41. The summed E-state index contributed by atoms with van der Waals surface area (Å²) in [5.41, 5.74) is 8.50. The van der Waals surface area contributed by atoms with Crippen LogP contribution in [0.15, 0.2) is 70.5 Å². The summed E-state index contributed by atoms with van der Waals surface area (Å²) in [5.74, 6) is -1.07. The van der Waals surface area contributed by atoms with Gasteiger partial charge in [0.05, 0.1) is 11.3 Å². The summed E-state index contributed by atoms with van der Waals surface area (Å²) in [7, 11) is 0. The van der Waals surface area contributed by atoms with Crippen molar-refractivity contribution in [2.75, 3.05) is 17.7 Å². The Hall–Kier alpha value is -3.23. The van der Waals surface area contributed by atoms with Gasteiger partial charge >= 0.3 is 5.97 Å². The van der Waals surface area contributed by atoms with E-state index >= 15 is 0 Å². The Bertz CT molecular complexity index is 1250. The number of benzene rings is 3. The lowest BCUT2D eigenvalue weighted by Gasteiger charge is -2.09. The minimum atomic E-state index is -0.609. The number of hydrogen-bond acceptors (Lipinski definition) is 6. The summed E-state index contributed by atoms with van der Waals surface area (Å²) >= 11 is 4.73. The van der Waals surface area contributed by atoms with Crippen molar-refractivity contribution in [3.05, 3.63) is 76.1 Å². The van der Waals surface area contributed by atoms with Crippen LogP contribution < -0.4 is 11.1 Å². The molecule has 3 N–H and O–H groups in total. The molecule has 30 heavy (non-hydrogen) atoms. The SMILES string of the molecule is Nc1cccc2cccc(C(=O)OCC(=O)Nc3nc(-c4cccc(Br)c4)cs3)c12. The molecule has 150 valence electrons. The van der Waals surface area contributed by atoms with Gasteiger partial charge in [-0.1, -0.05) is 52.3 Å². The molecule has 0 aliphatic carbocycles. The van der Waals surface area contributed by atoms with Crippen LogP contribution in [-0.2, 0) is 9.53 Å². The largest absolute Gasteiger partial charge is 0.452 e. The van der Waals surface area contributed by atoms with Crippen molar-refractivity contribution in [2.24, 2.45) is 0 Å². The number of fused-ring (bicyclic) bond motifs is 1. The summed E-state index contributed by atoms with van der Waals surface area (Å²) in [6.07, 6.45) is 0. The maximum Gasteiger partial charge on any atom is 0.339 e. The quantitative estimate of drug-likeness (QED) is 0.305. The first-order valence-corrected chi connectivity index (χ1v) is 10.6. The fraction of sp³-hybridized carbons (Fsp3) is 0.0455. The number of amides is 1. The summed E-state index contributed by atoms with van der Waals surface area (Å²) in [4.78, 5) is 29.1. The molecule has 6 nitrogen and oxygen atoms in total. The van der Waals surface area contributed by atoms with Crippen LogP contribution in [0, 0.1) is 0 Å². The summed E-state index contributed by atoms with van der Waals surface area (Å²) < 4.78 is 6.14.